The summed E-state index contributed by atoms with van der Waals surface area (Å²) >= 11 is 0. The second-order valence-electron chi connectivity index (χ2n) is 13.4. The molecule has 2 aliphatic rings. The van der Waals surface area contributed by atoms with Gasteiger partial charge < -0.3 is 10.0 Å². The summed E-state index contributed by atoms with van der Waals surface area (Å²) in [6, 6.07) is 18.5. The molecule has 1 aromatic heterocycles. The number of hydrogen-bond acceptors (Lipinski definition) is 5. The molecular formula is C36H46FN5O2. The number of rotatable bonds is 11. The number of aromatic nitrogens is 2. The van der Waals surface area contributed by atoms with E-state index in [1.807, 2.05) is 44.2 Å². The first-order valence-electron chi connectivity index (χ1n) is 16.1. The highest BCUT2D eigenvalue weighted by atomic mass is 19.1. The monoisotopic (exact) mass is 599 g/mol. The molecule has 5 rings (SSSR count). The van der Waals surface area contributed by atoms with Gasteiger partial charge in [-0.2, -0.15) is 10.4 Å². The van der Waals surface area contributed by atoms with E-state index in [0.29, 0.717) is 24.6 Å². The number of nitrogens with zero attached hydrogens (tertiary/aromatic N) is 5. The van der Waals surface area contributed by atoms with Gasteiger partial charge in [-0.15, -0.1) is 0 Å². The average Bonchev–Trinajstić information content (AvgIpc) is 3.61. The van der Waals surface area contributed by atoms with Crippen LogP contribution >= 0.6 is 0 Å². The average molecular weight is 600 g/mol. The minimum atomic E-state index is -0.776. The predicted molar refractivity (Wildman–Crippen MR) is 170 cm³/mol. The molecule has 7 nitrogen and oxygen atoms in total. The second kappa shape index (κ2) is 13.6. The van der Waals surface area contributed by atoms with Gasteiger partial charge in [0.15, 0.2) is 0 Å². The number of benzene rings is 2. The van der Waals surface area contributed by atoms with Crippen LogP contribution in [0.5, 0.6) is 0 Å². The maximum absolute atomic E-state index is 14.3. The van der Waals surface area contributed by atoms with E-state index in [-0.39, 0.29) is 23.1 Å². The van der Waals surface area contributed by atoms with Crippen LogP contribution in [0.4, 0.5) is 4.39 Å². The Morgan fingerprint density at radius 3 is 2.45 bits per heavy atom. The smallest absolute Gasteiger partial charge is 0.321 e. The molecule has 0 aliphatic carbocycles. The highest BCUT2D eigenvalue weighted by Gasteiger charge is 2.45. The second-order valence-corrected chi connectivity index (χ2v) is 13.4. The molecule has 44 heavy (non-hydrogen) atoms. The SMILES string of the molecule is CCn1nc(Cc2ccc(C#N)cc2)cc1C1CCN(C[C@H]2CN([C@@H](C(=O)O)C(C)(C)CC)C[C@@H]2c2cccc(F)c2)CC1. The van der Waals surface area contributed by atoms with Crippen molar-refractivity contribution in [3.8, 4) is 6.07 Å². The van der Waals surface area contributed by atoms with Gasteiger partial charge in [-0.3, -0.25) is 14.4 Å². The maximum Gasteiger partial charge on any atom is 0.321 e. The standard InChI is InChI=1S/C36H46FN5O2/c1-5-36(3,4)34(35(43)44)41-23-29(32(24-41)28-8-7-9-30(37)19-28)22-40-16-14-27(15-17-40)33-20-31(39-42(33)6-2)18-25-10-12-26(21-38)13-11-25/h7-13,19-20,27,29,32,34H,5-6,14-18,22-24H2,1-4H3,(H,43,44)/t29-,32+,34-/m0/s1. The van der Waals surface area contributed by atoms with E-state index in [2.05, 4.69) is 40.5 Å². The van der Waals surface area contributed by atoms with Crippen LogP contribution in [0.15, 0.2) is 54.6 Å². The quantitative estimate of drug-likeness (QED) is 0.279. The highest BCUT2D eigenvalue weighted by molar-refractivity contribution is 5.74. The molecule has 2 fully saturated rings. The number of nitriles is 1. The summed E-state index contributed by atoms with van der Waals surface area (Å²) in [6.45, 7) is 13.2. The van der Waals surface area contributed by atoms with Gasteiger partial charge in [-0.1, -0.05) is 45.0 Å². The Morgan fingerprint density at radius 2 is 1.84 bits per heavy atom. The Kier molecular flexibility index (Phi) is 9.87. The Bertz CT molecular complexity index is 1470. The van der Waals surface area contributed by atoms with Crippen LogP contribution < -0.4 is 0 Å². The van der Waals surface area contributed by atoms with E-state index in [0.717, 1.165) is 68.7 Å². The number of carboxylic acids is 1. The topological polar surface area (TPSA) is 85.4 Å². The number of hydrogen-bond donors (Lipinski definition) is 1. The largest absolute Gasteiger partial charge is 0.480 e. The third kappa shape index (κ3) is 7.06. The molecule has 0 saturated carbocycles. The molecule has 234 valence electrons. The summed E-state index contributed by atoms with van der Waals surface area (Å²) in [4.78, 5) is 17.2. The number of aryl methyl sites for hydroxylation is 1. The van der Waals surface area contributed by atoms with Crippen LogP contribution in [0.1, 0.15) is 86.9 Å². The van der Waals surface area contributed by atoms with Crippen molar-refractivity contribution >= 4 is 5.97 Å². The van der Waals surface area contributed by atoms with Crippen LogP contribution in [0.2, 0.25) is 0 Å². The van der Waals surface area contributed by atoms with Crippen molar-refractivity contribution in [2.24, 2.45) is 11.3 Å². The Balaban J connectivity index is 1.27. The molecule has 0 bridgehead atoms. The number of likely N-dealkylation sites (tertiary alicyclic amines) is 2. The molecule has 2 aliphatic heterocycles. The van der Waals surface area contributed by atoms with Gasteiger partial charge in [0.1, 0.15) is 11.9 Å². The van der Waals surface area contributed by atoms with Crippen molar-refractivity contribution in [1.82, 2.24) is 19.6 Å². The van der Waals surface area contributed by atoms with Crippen molar-refractivity contribution in [3.05, 3.63) is 88.5 Å². The molecule has 0 amide bonds. The third-order valence-electron chi connectivity index (χ3n) is 10.1. The van der Waals surface area contributed by atoms with Crippen LogP contribution in [0.3, 0.4) is 0 Å². The number of aliphatic carboxylic acids is 1. The molecule has 8 heteroatoms. The summed E-state index contributed by atoms with van der Waals surface area (Å²) in [5.74, 6) is -0.265. The first kappa shape index (κ1) is 31.9. The molecule has 1 N–H and O–H groups in total. The third-order valence-corrected chi connectivity index (χ3v) is 10.1. The zero-order chi connectivity index (χ0) is 31.4. The molecule has 3 heterocycles. The van der Waals surface area contributed by atoms with Gasteiger partial charge in [0.25, 0.3) is 0 Å². The number of piperidine rings is 1. The first-order valence-corrected chi connectivity index (χ1v) is 16.1. The Labute approximate surface area is 261 Å². The lowest BCUT2D eigenvalue weighted by molar-refractivity contribution is -0.147. The summed E-state index contributed by atoms with van der Waals surface area (Å²) in [5, 5.41) is 24.3. The van der Waals surface area contributed by atoms with Gasteiger partial charge in [0, 0.05) is 50.1 Å². The Morgan fingerprint density at radius 1 is 1.11 bits per heavy atom. The van der Waals surface area contributed by atoms with E-state index in [4.69, 9.17) is 10.4 Å². The number of carbonyl (C=O) groups is 1. The molecular weight excluding hydrogens is 553 g/mol. The van der Waals surface area contributed by atoms with E-state index >= 15 is 0 Å². The fraction of sp³-hybridized carbons (Fsp3) is 0.528. The van der Waals surface area contributed by atoms with Crippen LogP contribution in [0, 0.1) is 28.5 Å². The molecule has 2 aromatic carbocycles. The van der Waals surface area contributed by atoms with Gasteiger partial charge in [0.2, 0.25) is 0 Å². The number of halogens is 1. The molecule has 3 atom stereocenters. The first-order chi connectivity index (χ1) is 21.1. The summed E-state index contributed by atoms with van der Waals surface area (Å²) in [6.07, 6.45) is 3.61. The molecule has 3 aromatic rings. The van der Waals surface area contributed by atoms with E-state index < -0.39 is 12.0 Å². The van der Waals surface area contributed by atoms with E-state index in [1.54, 1.807) is 12.1 Å². The van der Waals surface area contributed by atoms with Gasteiger partial charge in [0.05, 0.1) is 17.3 Å². The normalized spacial score (nSPS) is 20.9. The fourth-order valence-corrected chi connectivity index (χ4v) is 7.40. The zero-order valence-corrected chi connectivity index (χ0v) is 26.5. The predicted octanol–water partition coefficient (Wildman–Crippen LogP) is 6.29. The lowest BCUT2D eigenvalue weighted by Gasteiger charge is -2.37. The minimum absolute atomic E-state index is 0.0873. The minimum Gasteiger partial charge on any atom is -0.480 e. The van der Waals surface area contributed by atoms with E-state index in [1.165, 1.54) is 11.8 Å². The fourth-order valence-electron chi connectivity index (χ4n) is 7.40. The highest BCUT2D eigenvalue weighted by Crippen LogP contribution is 2.40. The van der Waals surface area contributed by atoms with Crippen LogP contribution in [-0.4, -0.2) is 69.4 Å². The van der Waals surface area contributed by atoms with Gasteiger partial charge in [-0.25, -0.2) is 4.39 Å². The summed E-state index contributed by atoms with van der Waals surface area (Å²) in [5.41, 5.74) is 4.77. The van der Waals surface area contributed by atoms with Crippen molar-refractivity contribution in [2.45, 2.75) is 77.8 Å². The van der Waals surface area contributed by atoms with E-state index in [9.17, 15) is 14.3 Å². The maximum atomic E-state index is 14.3. The number of carboxylic acid groups (broad SMARTS) is 1. The van der Waals surface area contributed by atoms with Crippen LogP contribution in [0.25, 0.3) is 0 Å². The Hall–Kier alpha value is -3.54. The molecule has 0 spiro atoms. The van der Waals surface area contributed by atoms with Crippen molar-refractivity contribution in [2.75, 3.05) is 32.7 Å². The summed E-state index contributed by atoms with van der Waals surface area (Å²) < 4.78 is 16.5. The van der Waals surface area contributed by atoms with Gasteiger partial charge >= 0.3 is 5.97 Å². The summed E-state index contributed by atoms with van der Waals surface area (Å²) in [7, 11) is 0. The molecule has 0 radical (unpaired) electrons. The van der Waals surface area contributed by atoms with Crippen molar-refractivity contribution in [3.63, 3.8) is 0 Å². The molecule has 0 unspecified atom stereocenters. The lowest BCUT2D eigenvalue weighted by atomic mass is 9.81. The van der Waals surface area contributed by atoms with Crippen molar-refractivity contribution < 1.29 is 14.3 Å². The lowest BCUT2D eigenvalue weighted by Crippen LogP contribution is -2.49. The van der Waals surface area contributed by atoms with Gasteiger partial charge in [-0.05, 0) is 92.1 Å². The van der Waals surface area contributed by atoms with Crippen LogP contribution in [-0.2, 0) is 17.8 Å². The molecule has 2 saturated heterocycles. The van der Waals surface area contributed by atoms with Crippen molar-refractivity contribution in [1.29, 1.82) is 5.26 Å². The zero-order valence-electron chi connectivity index (χ0n) is 26.5.